The van der Waals surface area contributed by atoms with E-state index in [4.69, 9.17) is 14.6 Å². The van der Waals surface area contributed by atoms with Crippen LogP contribution in [0.2, 0.25) is 0 Å². The Morgan fingerprint density at radius 1 is 1.03 bits per heavy atom. The van der Waals surface area contributed by atoms with Crippen molar-refractivity contribution in [1.82, 2.24) is 10.6 Å². The average Bonchev–Trinajstić information content (AvgIpc) is 3.15. The molecule has 2 aromatic rings. The number of carbonyl (C=O) groups excluding carboxylic acids is 2. The van der Waals surface area contributed by atoms with E-state index < -0.39 is 24.0 Å². The summed E-state index contributed by atoms with van der Waals surface area (Å²) in [5.41, 5.74) is 4.41. The molecule has 0 aromatic heterocycles. The molecule has 0 spiro atoms. The molecule has 0 aliphatic heterocycles. The Kier molecular flexibility index (Phi) is 8.02. The number of methoxy groups -OCH3 is 1. The minimum atomic E-state index is -1.04. The van der Waals surface area contributed by atoms with E-state index in [-0.39, 0.29) is 31.5 Å². The fraction of sp³-hybridized carbons (Fsp3) is 0.444. The summed E-state index contributed by atoms with van der Waals surface area (Å²) in [6.45, 7) is 0.427. The number of fused-ring (bicyclic) bond motifs is 3. The van der Waals surface area contributed by atoms with Gasteiger partial charge in [0.05, 0.1) is 6.10 Å². The molecule has 2 aromatic carbocycles. The third kappa shape index (κ3) is 5.82. The summed E-state index contributed by atoms with van der Waals surface area (Å²) in [7, 11) is 1.62. The van der Waals surface area contributed by atoms with Gasteiger partial charge < -0.3 is 25.2 Å². The number of carboxylic acid groups (broad SMARTS) is 1. The highest BCUT2D eigenvalue weighted by Crippen LogP contribution is 2.44. The summed E-state index contributed by atoms with van der Waals surface area (Å²) in [4.78, 5) is 36.6. The van der Waals surface area contributed by atoms with Gasteiger partial charge in [-0.05, 0) is 47.4 Å². The molecule has 3 N–H and O–H groups in total. The Morgan fingerprint density at radius 3 is 2.20 bits per heavy atom. The molecule has 2 atom stereocenters. The Hall–Kier alpha value is -3.39. The van der Waals surface area contributed by atoms with Crippen LogP contribution in [0.1, 0.15) is 49.1 Å². The SMILES string of the molecule is COC(CNC(=O)C(CCC(=O)O)NC(=O)OCC1c2ccccc2-c2ccccc21)C1CCC1. The fourth-order valence-corrected chi connectivity index (χ4v) is 4.90. The summed E-state index contributed by atoms with van der Waals surface area (Å²) in [6, 6.07) is 15.0. The van der Waals surface area contributed by atoms with Gasteiger partial charge in [0.15, 0.2) is 0 Å². The number of carbonyl (C=O) groups is 3. The van der Waals surface area contributed by atoms with Crippen LogP contribution in [0, 0.1) is 5.92 Å². The molecule has 1 saturated carbocycles. The molecule has 35 heavy (non-hydrogen) atoms. The number of benzene rings is 2. The minimum absolute atomic E-state index is 0.0353. The van der Waals surface area contributed by atoms with Crippen LogP contribution in [0.4, 0.5) is 4.79 Å². The van der Waals surface area contributed by atoms with Gasteiger partial charge in [-0.2, -0.15) is 0 Å². The van der Waals surface area contributed by atoms with Gasteiger partial charge in [0.1, 0.15) is 12.6 Å². The first-order valence-corrected chi connectivity index (χ1v) is 12.1. The summed E-state index contributed by atoms with van der Waals surface area (Å²) in [5, 5.41) is 14.5. The van der Waals surface area contributed by atoms with Gasteiger partial charge in [-0.15, -0.1) is 0 Å². The number of carboxylic acids is 1. The molecule has 0 saturated heterocycles. The monoisotopic (exact) mass is 480 g/mol. The number of nitrogens with one attached hydrogen (secondary N) is 2. The number of ether oxygens (including phenoxy) is 2. The lowest BCUT2D eigenvalue weighted by Gasteiger charge is -2.33. The van der Waals surface area contributed by atoms with Gasteiger partial charge in [-0.3, -0.25) is 9.59 Å². The van der Waals surface area contributed by atoms with Crippen molar-refractivity contribution in [2.45, 2.75) is 50.2 Å². The molecule has 2 aliphatic carbocycles. The second kappa shape index (κ2) is 11.4. The highest BCUT2D eigenvalue weighted by molar-refractivity contribution is 5.86. The molecule has 8 heteroatoms. The quantitative estimate of drug-likeness (QED) is 0.452. The van der Waals surface area contributed by atoms with E-state index in [2.05, 4.69) is 22.8 Å². The Labute approximate surface area is 205 Å². The first-order valence-electron chi connectivity index (χ1n) is 12.1. The molecular weight excluding hydrogens is 448 g/mol. The van der Waals surface area contributed by atoms with Gasteiger partial charge in [-0.25, -0.2) is 4.79 Å². The fourth-order valence-electron chi connectivity index (χ4n) is 4.90. The maximum Gasteiger partial charge on any atom is 0.407 e. The normalized spacial score (nSPS) is 16.4. The summed E-state index contributed by atoms with van der Waals surface area (Å²) in [5.74, 6) is -1.18. The lowest BCUT2D eigenvalue weighted by atomic mass is 9.81. The van der Waals surface area contributed by atoms with Crippen LogP contribution in [0.3, 0.4) is 0 Å². The number of hydrogen-bond donors (Lipinski definition) is 3. The molecule has 1 fully saturated rings. The molecule has 8 nitrogen and oxygen atoms in total. The average molecular weight is 481 g/mol. The highest BCUT2D eigenvalue weighted by atomic mass is 16.5. The standard InChI is InChI=1S/C27H32N2O6/c1-34-24(17-7-6-8-17)15-28-26(32)23(13-14-25(30)31)29-27(33)35-16-22-20-11-4-2-9-18(20)19-10-3-5-12-21(19)22/h2-5,9-12,17,22-24H,6-8,13-16H2,1H3,(H,28,32)(H,29,33)(H,30,31). The predicted molar refractivity (Wildman–Crippen MR) is 130 cm³/mol. The second-order valence-electron chi connectivity index (χ2n) is 9.17. The van der Waals surface area contributed by atoms with Crippen molar-refractivity contribution >= 4 is 18.0 Å². The molecule has 2 unspecified atom stereocenters. The number of amides is 2. The van der Waals surface area contributed by atoms with Gasteiger partial charge in [-0.1, -0.05) is 55.0 Å². The number of rotatable bonds is 11. The van der Waals surface area contributed by atoms with Crippen LogP contribution < -0.4 is 10.6 Å². The van der Waals surface area contributed by atoms with Gasteiger partial charge in [0.25, 0.3) is 0 Å². The Morgan fingerprint density at radius 2 is 1.66 bits per heavy atom. The minimum Gasteiger partial charge on any atom is -0.481 e. The number of aliphatic carboxylic acids is 1. The van der Waals surface area contributed by atoms with E-state index in [9.17, 15) is 14.4 Å². The van der Waals surface area contributed by atoms with E-state index in [0.29, 0.717) is 12.5 Å². The van der Waals surface area contributed by atoms with E-state index >= 15 is 0 Å². The van der Waals surface area contributed by atoms with Gasteiger partial charge in [0, 0.05) is 26.0 Å². The molecule has 0 heterocycles. The number of alkyl carbamates (subject to hydrolysis) is 1. The molecule has 186 valence electrons. The van der Waals surface area contributed by atoms with Crippen LogP contribution in [0.5, 0.6) is 0 Å². The van der Waals surface area contributed by atoms with E-state index in [1.807, 2.05) is 36.4 Å². The molecule has 2 amide bonds. The van der Waals surface area contributed by atoms with E-state index in [1.165, 1.54) is 0 Å². The van der Waals surface area contributed by atoms with Crippen LogP contribution in [0.25, 0.3) is 11.1 Å². The third-order valence-electron chi connectivity index (χ3n) is 7.05. The first-order chi connectivity index (χ1) is 17.0. The van der Waals surface area contributed by atoms with Crippen molar-refractivity contribution in [3.8, 4) is 11.1 Å². The predicted octanol–water partition coefficient (Wildman–Crippen LogP) is 3.69. The molecule has 4 rings (SSSR count). The maximum absolute atomic E-state index is 12.8. The highest BCUT2D eigenvalue weighted by Gasteiger charge is 2.31. The zero-order valence-corrected chi connectivity index (χ0v) is 19.9. The Balaban J connectivity index is 1.36. The summed E-state index contributed by atoms with van der Waals surface area (Å²) in [6.07, 6.45) is 2.15. The zero-order chi connectivity index (χ0) is 24.8. The molecular formula is C27H32N2O6. The molecule has 0 radical (unpaired) electrons. The molecule has 0 bridgehead atoms. The van der Waals surface area contributed by atoms with Crippen LogP contribution in [0.15, 0.2) is 48.5 Å². The summed E-state index contributed by atoms with van der Waals surface area (Å²) >= 11 is 0. The van der Waals surface area contributed by atoms with Gasteiger partial charge in [0.2, 0.25) is 5.91 Å². The van der Waals surface area contributed by atoms with E-state index in [0.717, 1.165) is 41.5 Å². The largest absolute Gasteiger partial charge is 0.481 e. The van der Waals surface area contributed by atoms with Crippen LogP contribution >= 0.6 is 0 Å². The van der Waals surface area contributed by atoms with Crippen LogP contribution in [-0.2, 0) is 19.1 Å². The van der Waals surface area contributed by atoms with Crippen molar-refractivity contribution in [3.05, 3.63) is 59.7 Å². The zero-order valence-electron chi connectivity index (χ0n) is 19.9. The van der Waals surface area contributed by atoms with Crippen LogP contribution in [-0.4, -0.2) is 55.5 Å². The van der Waals surface area contributed by atoms with Crippen molar-refractivity contribution in [2.75, 3.05) is 20.3 Å². The lowest BCUT2D eigenvalue weighted by Crippen LogP contribution is -2.50. The van der Waals surface area contributed by atoms with Crippen molar-refractivity contribution < 1.29 is 29.0 Å². The first kappa shape index (κ1) is 24.7. The maximum atomic E-state index is 12.8. The topological polar surface area (TPSA) is 114 Å². The van der Waals surface area contributed by atoms with Gasteiger partial charge >= 0.3 is 12.1 Å². The third-order valence-corrected chi connectivity index (χ3v) is 7.05. The van der Waals surface area contributed by atoms with Crippen molar-refractivity contribution in [3.63, 3.8) is 0 Å². The lowest BCUT2D eigenvalue weighted by molar-refractivity contribution is -0.137. The summed E-state index contributed by atoms with van der Waals surface area (Å²) < 4.78 is 11.0. The van der Waals surface area contributed by atoms with E-state index in [1.54, 1.807) is 7.11 Å². The number of hydrogen-bond acceptors (Lipinski definition) is 5. The molecule has 2 aliphatic rings. The van der Waals surface area contributed by atoms with Crippen molar-refractivity contribution in [1.29, 1.82) is 0 Å². The Bertz CT molecular complexity index is 1020. The second-order valence-corrected chi connectivity index (χ2v) is 9.17. The van der Waals surface area contributed by atoms with Crippen molar-refractivity contribution in [2.24, 2.45) is 5.92 Å². The smallest absolute Gasteiger partial charge is 0.407 e.